The highest BCUT2D eigenvalue weighted by atomic mass is 32.2. The molecule has 0 spiro atoms. The van der Waals surface area contributed by atoms with Crippen LogP contribution in [0.15, 0.2) is 47.4 Å². The molecule has 1 amide bonds. The second kappa shape index (κ2) is 9.49. The van der Waals surface area contributed by atoms with Crippen LogP contribution in [0.3, 0.4) is 0 Å². The fraction of sp³-hybridized carbons (Fsp3) is 0.409. The number of ether oxygens (including phenoxy) is 2. The molecule has 0 radical (unpaired) electrons. The fourth-order valence-electron chi connectivity index (χ4n) is 3.61. The molecule has 162 valence electrons. The summed E-state index contributed by atoms with van der Waals surface area (Å²) in [4.78, 5) is 13.0. The Labute approximate surface area is 178 Å². The first-order valence-electron chi connectivity index (χ1n) is 10.0. The highest BCUT2D eigenvalue weighted by molar-refractivity contribution is 7.89. The molecule has 3 rings (SSSR count). The zero-order valence-electron chi connectivity index (χ0n) is 17.6. The van der Waals surface area contributed by atoms with Gasteiger partial charge in [0.1, 0.15) is 0 Å². The van der Waals surface area contributed by atoms with Gasteiger partial charge in [0.25, 0.3) is 5.91 Å². The number of nitrogens with one attached hydrogen (secondary N) is 1. The number of amides is 1. The second-order valence-corrected chi connectivity index (χ2v) is 9.13. The average Bonchev–Trinajstić information content (AvgIpc) is 3.33. The number of methoxy groups -OCH3 is 2. The van der Waals surface area contributed by atoms with Crippen LogP contribution in [0.25, 0.3) is 0 Å². The van der Waals surface area contributed by atoms with Gasteiger partial charge in [-0.3, -0.25) is 4.79 Å². The molecule has 0 saturated carbocycles. The van der Waals surface area contributed by atoms with Crippen molar-refractivity contribution in [1.29, 1.82) is 0 Å². The number of rotatable bonds is 8. The first kappa shape index (κ1) is 22.1. The molecule has 0 aliphatic carbocycles. The SMILES string of the molecule is CC[C@H](NC(=O)c1cccc(S(=O)(=O)N2CCCC2)c1)c1ccc(OC)c(OC)c1. The fourth-order valence-corrected chi connectivity index (χ4v) is 5.17. The van der Waals surface area contributed by atoms with Crippen molar-refractivity contribution in [3.05, 3.63) is 53.6 Å². The van der Waals surface area contributed by atoms with E-state index in [1.807, 2.05) is 19.1 Å². The van der Waals surface area contributed by atoms with Crippen LogP contribution in [0.4, 0.5) is 0 Å². The van der Waals surface area contributed by atoms with Crippen molar-refractivity contribution in [2.45, 2.75) is 37.1 Å². The summed E-state index contributed by atoms with van der Waals surface area (Å²) in [5.74, 6) is 0.874. The number of hydrogen-bond acceptors (Lipinski definition) is 5. The van der Waals surface area contributed by atoms with E-state index in [1.54, 1.807) is 32.4 Å². The van der Waals surface area contributed by atoms with Crippen molar-refractivity contribution in [3.8, 4) is 11.5 Å². The summed E-state index contributed by atoms with van der Waals surface area (Å²) in [6, 6.07) is 11.5. The Morgan fingerprint density at radius 1 is 1.07 bits per heavy atom. The summed E-state index contributed by atoms with van der Waals surface area (Å²) in [7, 11) is -0.443. The van der Waals surface area contributed by atoms with Crippen LogP contribution in [-0.2, 0) is 10.0 Å². The van der Waals surface area contributed by atoms with Gasteiger partial charge in [0.2, 0.25) is 10.0 Å². The summed E-state index contributed by atoms with van der Waals surface area (Å²) in [6.45, 7) is 3.02. The van der Waals surface area contributed by atoms with Gasteiger partial charge < -0.3 is 14.8 Å². The molecule has 1 saturated heterocycles. The minimum absolute atomic E-state index is 0.149. The standard InChI is InChI=1S/C22H28N2O5S/c1-4-19(16-10-11-20(28-2)21(15-16)29-3)23-22(25)17-8-7-9-18(14-17)30(26,27)24-12-5-6-13-24/h7-11,14-15,19H,4-6,12-13H2,1-3H3,(H,23,25)/t19-/m0/s1. The molecule has 0 unspecified atom stereocenters. The maximum absolute atomic E-state index is 12.9. The molecule has 2 aromatic rings. The zero-order chi connectivity index (χ0) is 21.7. The lowest BCUT2D eigenvalue weighted by atomic mass is 10.0. The summed E-state index contributed by atoms with van der Waals surface area (Å²) >= 11 is 0. The Kier molecular flexibility index (Phi) is 6.99. The third-order valence-corrected chi connectivity index (χ3v) is 7.22. The second-order valence-electron chi connectivity index (χ2n) is 7.19. The maximum Gasteiger partial charge on any atom is 0.251 e. The summed E-state index contributed by atoms with van der Waals surface area (Å²) < 4.78 is 37.7. The molecular formula is C22H28N2O5S. The molecule has 1 fully saturated rings. The van der Waals surface area contributed by atoms with Crippen LogP contribution in [0.5, 0.6) is 11.5 Å². The van der Waals surface area contributed by atoms with Gasteiger partial charge in [0.15, 0.2) is 11.5 Å². The molecular weight excluding hydrogens is 404 g/mol. The average molecular weight is 433 g/mol. The smallest absolute Gasteiger partial charge is 0.251 e. The van der Waals surface area contributed by atoms with Crippen LogP contribution in [0.2, 0.25) is 0 Å². The topological polar surface area (TPSA) is 84.9 Å². The molecule has 0 bridgehead atoms. The Morgan fingerprint density at radius 2 is 1.77 bits per heavy atom. The normalized spacial score (nSPS) is 15.6. The monoisotopic (exact) mass is 432 g/mol. The molecule has 0 aromatic heterocycles. The zero-order valence-corrected chi connectivity index (χ0v) is 18.4. The lowest BCUT2D eigenvalue weighted by Gasteiger charge is -2.20. The van der Waals surface area contributed by atoms with Crippen molar-refractivity contribution >= 4 is 15.9 Å². The minimum Gasteiger partial charge on any atom is -0.493 e. The van der Waals surface area contributed by atoms with Crippen LogP contribution >= 0.6 is 0 Å². The molecule has 2 aromatic carbocycles. The molecule has 7 nitrogen and oxygen atoms in total. The lowest BCUT2D eigenvalue weighted by molar-refractivity contribution is 0.0935. The van der Waals surface area contributed by atoms with E-state index in [4.69, 9.17) is 9.47 Å². The van der Waals surface area contributed by atoms with E-state index in [9.17, 15) is 13.2 Å². The molecule has 1 aliphatic heterocycles. The Morgan fingerprint density at radius 3 is 2.40 bits per heavy atom. The van der Waals surface area contributed by atoms with Crippen LogP contribution in [0, 0.1) is 0 Å². The van der Waals surface area contributed by atoms with Gasteiger partial charge in [-0.25, -0.2) is 8.42 Å². The number of nitrogens with zero attached hydrogens (tertiary/aromatic N) is 1. The Bertz CT molecular complexity index is 1000. The predicted octanol–water partition coefficient (Wildman–Crippen LogP) is 3.37. The van der Waals surface area contributed by atoms with Crippen LogP contribution < -0.4 is 14.8 Å². The van der Waals surface area contributed by atoms with E-state index in [1.165, 1.54) is 16.4 Å². The molecule has 8 heteroatoms. The number of carbonyl (C=O) groups excluding carboxylic acids is 1. The summed E-state index contributed by atoms with van der Waals surface area (Å²) in [5, 5.41) is 2.99. The lowest BCUT2D eigenvalue weighted by Crippen LogP contribution is -2.30. The van der Waals surface area contributed by atoms with Gasteiger partial charge >= 0.3 is 0 Å². The van der Waals surface area contributed by atoms with Gasteiger partial charge in [-0.05, 0) is 55.2 Å². The summed E-state index contributed by atoms with van der Waals surface area (Å²) in [5.41, 5.74) is 1.19. The molecule has 1 atom stereocenters. The van der Waals surface area contributed by atoms with Gasteiger partial charge in [0, 0.05) is 18.7 Å². The highest BCUT2D eigenvalue weighted by Gasteiger charge is 2.28. The van der Waals surface area contributed by atoms with E-state index in [-0.39, 0.29) is 16.8 Å². The first-order valence-corrected chi connectivity index (χ1v) is 11.5. The largest absolute Gasteiger partial charge is 0.493 e. The van der Waals surface area contributed by atoms with Crippen LogP contribution in [0.1, 0.15) is 48.1 Å². The van der Waals surface area contributed by atoms with Crippen molar-refractivity contribution in [1.82, 2.24) is 9.62 Å². The minimum atomic E-state index is -3.57. The molecule has 1 N–H and O–H groups in total. The third kappa shape index (κ3) is 4.60. The van der Waals surface area contributed by atoms with E-state index < -0.39 is 10.0 Å². The number of sulfonamides is 1. The Hall–Kier alpha value is -2.58. The number of carbonyl (C=O) groups is 1. The van der Waals surface area contributed by atoms with Crippen molar-refractivity contribution in [2.24, 2.45) is 0 Å². The van der Waals surface area contributed by atoms with Gasteiger partial charge in [-0.15, -0.1) is 0 Å². The van der Waals surface area contributed by atoms with E-state index in [0.29, 0.717) is 36.6 Å². The van der Waals surface area contributed by atoms with Crippen LogP contribution in [-0.4, -0.2) is 45.9 Å². The van der Waals surface area contributed by atoms with E-state index in [0.717, 1.165) is 18.4 Å². The Balaban J connectivity index is 1.81. The maximum atomic E-state index is 12.9. The first-order chi connectivity index (χ1) is 14.4. The molecule has 1 heterocycles. The van der Waals surface area contributed by atoms with Crippen molar-refractivity contribution < 1.29 is 22.7 Å². The highest BCUT2D eigenvalue weighted by Crippen LogP contribution is 2.31. The van der Waals surface area contributed by atoms with Gasteiger partial charge in [-0.1, -0.05) is 19.1 Å². The van der Waals surface area contributed by atoms with Gasteiger partial charge in [-0.2, -0.15) is 4.31 Å². The van der Waals surface area contributed by atoms with E-state index in [2.05, 4.69) is 5.32 Å². The van der Waals surface area contributed by atoms with E-state index >= 15 is 0 Å². The molecule has 30 heavy (non-hydrogen) atoms. The quantitative estimate of drug-likeness (QED) is 0.691. The summed E-state index contributed by atoms with van der Waals surface area (Å²) in [6.07, 6.45) is 2.39. The van der Waals surface area contributed by atoms with Gasteiger partial charge in [0.05, 0.1) is 25.2 Å². The number of hydrogen-bond donors (Lipinski definition) is 1. The molecule has 1 aliphatic rings. The van der Waals surface area contributed by atoms with Crippen molar-refractivity contribution in [3.63, 3.8) is 0 Å². The third-order valence-electron chi connectivity index (χ3n) is 5.32. The number of benzene rings is 2. The predicted molar refractivity (Wildman–Crippen MR) is 114 cm³/mol. The van der Waals surface area contributed by atoms with Crippen molar-refractivity contribution in [2.75, 3.05) is 27.3 Å².